The van der Waals surface area contributed by atoms with Gasteiger partial charge in [0.2, 0.25) is 0 Å². The summed E-state index contributed by atoms with van der Waals surface area (Å²) in [5.41, 5.74) is 6.78. The molecule has 7 heteroatoms. The van der Waals surface area contributed by atoms with Crippen molar-refractivity contribution < 1.29 is 14.4 Å². The molecule has 1 fully saturated rings. The maximum absolute atomic E-state index is 14.2. The van der Waals surface area contributed by atoms with E-state index in [4.69, 9.17) is 5.21 Å². The third-order valence-electron chi connectivity index (χ3n) is 7.48. The fourth-order valence-electron chi connectivity index (χ4n) is 5.74. The van der Waals surface area contributed by atoms with Gasteiger partial charge in [0, 0.05) is 53.9 Å². The van der Waals surface area contributed by atoms with E-state index < -0.39 is 11.6 Å². The quantitative estimate of drug-likeness (QED) is 0.228. The van der Waals surface area contributed by atoms with Gasteiger partial charge in [-0.15, -0.1) is 0 Å². The van der Waals surface area contributed by atoms with Crippen molar-refractivity contribution in [2.45, 2.75) is 45.3 Å². The first-order valence-corrected chi connectivity index (χ1v) is 13.3. The SMILES string of the molecule is CC(C)(F)CN1CCC(Cn2c(-c3ccncc3)c(Cc3ccc(C(=O)NO)cc3)c3ccccc32)CC1. The molecule has 0 radical (unpaired) electrons. The number of nitrogens with one attached hydrogen (secondary N) is 1. The van der Waals surface area contributed by atoms with E-state index in [0.29, 0.717) is 24.4 Å². The van der Waals surface area contributed by atoms with Gasteiger partial charge in [-0.3, -0.25) is 15.0 Å². The van der Waals surface area contributed by atoms with Gasteiger partial charge in [-0.25, -0.2) is 9.87 Å². The molecule has 0 spiro atoms. The number of hydrogen-bond donors (Lipinski definition) is 2. The normalized spacial score (nSPS) is 15.2. The standard InChI is InChI=1S/C31H35FN4O2/c1-31(2,32)21-35-17-13-23(14-18-35)20-36-28-6-4-3-5-26(28)27(29(36)24-11-15-33-16-12-24)19-22-7-9-25(10-8-22)30(37)34-38/h3-12,15-16,23,38H,13-14,17-21H2,1-2H3,(H,34,37). The van der Waals surface area contributed by atoms with E-state index in [2.05, 4.69) is 50.8 Å². The summed E-state index contributed by atoms with van der Waals surface area (Å²) in [7, 11) is 0. The van der Waals surface area contributed by atoms with E-state index in [1.807, 2.05) is 24.5 Å². The third-order valence-corrected chi connectivity index (χ3v) is 7.48. The predicted octanol–water partition coefficient (Wildman–Crippen LogP) is 5.87. The Morgan fingerprint density at radius 2 is 1.74 bits per heavy atom. The van der Waals surface area contributed by atoms with E-state index in [9.17, 15) is 9.18 Å². The molecule has 2 aromatic carbocycles. The van der Waals surface area contributed by atoms with Crippen molar-refractivity contribution in [3.05, 3.63) is 89.7 Å². The van der Waals surface area contributed by atoms with Gasteiger partial charge in [0.25, 0.3) is 5.91 Å². The van der Waals surface area contributed by atoms with Crippen LogP contribution in [0.3, 0.4) is 0 Å². The number of likely N-dealkylation sites (tertiary alicyclic amines) is 1. The molecule has 0 atom stereocenters. The topological polar surface area (TPSA) is 70.4 Å². The third kappa shape index (κ3) is 5.79. The summed E-state index contributed by atoms with van der Waals surface area (Å²) in [5.74, 6) is -0.0127. The van der Waals surface area contributed by atoms with E-state index in [1.54, 1.807) is 31.5 Å². The second kappa shape index (κ2) is 11.1. The first-order chi connectivity index (χ1) is 18.3. The summed E-state index contributed by atoms with van der Waals surface area (Å²) >= 11 is 0. The lowest BCUT2D eigenvalue weighted by molar-refractivity contribution is 0.0706. The second-order valence-electron chi connectivity index (χ2n) is 10.9. The first-order valence-electron chi connectivity index (χ1n) is 13.3. The molecule has 0 aliphatic carbocycles. The number of fused-ring (bicyclic) bond motifs is 1. The van der Waals surface area contributed by atoms with Gasteiger partial charge in [0.05, 0.1) is 5.69 Å². The number of hydrogen-bond acceptors (Lipinski definition) is 4. The Labute approximate surface area is 223 Å². The van der Waals surface area contributed by atoms with Crippen LogP contribution in [0.25, 0.3) is 22.2 Å². The molecule has 4 aromatic rings. The largest absolute Gasteiger partial charge is 0.340 e. The van der Waals surface area contributed by atoms with Crippen molar-refractivity contribution in [1.29, 1.82) is 0 Å². The zero-order valence-electron chi connectivity index (χ0n) is 22.0. The van der Waals surface area contributed by atoms with Crippen LogP contribution >= 0.6 is 0 Å². The van der Waals surface area contributed by atoms with E-state index in [-0.39, 0.29) is 0 Å². The van der Waals surface area contributed by atoms with Crippen LogP contribution in [-0.4, -0.2) is 50.9 Å². The predicted molar refractivity (Wildman–Crippen MR) is 148 cm³/mol. The maximum atomic E-state index is 14.2. The number of nitrogens with zero attached hydrogens (tertiary/aromatic N) is 3. The highest BCUT2D eigenvalue weighted by molar-refractivity contribution is 5.94. The Morgan fingerprint density at radius 3 is 2.39 bits per heavy atom. The summed E-state index contributed by atoms with van der Waals surface area (Å²) in [5, 5.41) is 10.2. The maximum Gasteiger partial charge on any atom is 0.274 e. The van der Waals surface area contributed by atoms with Gasteiger partial charge < -0.3 is 9.47 Å². The van der Waals surface area contributed by atoms with E-state index in [1.165, 1.54) is 22.2 Å². The minimum Gasteiger partial charge on any atom is -0.340 e. The molecule has 0 unspecified atom stereocenters. The highest BCUT2D eigenvalue weighted by atomic mass is 19.1. The van der Waals surface area contributed by atoms with E-state index in [0.717, 1.165) is 43.6 Å². The molecule has 1 aliphatic rings. The Morgan fingerprint density at radius 1 is 1.05 bits per heavy atom. The Kier molecular flexibility index (Phi) is 7.58. The number of para-hydroxylation sites is 1. The number of aromatic nitrogens is 2. The lowest BCUT2D eigenvalue weighted by atomic mass is 9.95. The molecule has 1 aliphatic heterocycles. The molecular formula is C31H35FN4O2. The number of halogens is 1. The molecule has 198 valence electrons. The molecule has 5 rings (SSSR count). The molecule has 1 amide bonds. The van der Waals surface area contributed by atoms with Crippen molar-refractivity contribution in [2.24, 2.45) is 5.92 Å². The molecule has 0 saturated carbocycles. The molecular weight excluding hydrogens is 479 g/mol. The molecule has 0 bridgehead atoms. The van der Waals surface area contributed by atoms with Gasteiger partial charge in [-0.2, -0.15) is 0 Å². The first kappa shape index (κ1) is 26.1. The van der Waals surface area contributed by atoms with Crippen molar-refractivity contribution in [1.82, 2.24) is 19.9 Å². The van der Waals surface area contributed by atoms with Crippen molar-refractivity contribution in [2.75, 3.05) is 19.6 Å². The molecule has 1 saturated heterocycles. The average molecular weight is 515 g/mol. The summed E-state index contributed by atoms with van der Waals surface area (Å²) in [6.07, 6.45) is 6.46. The number of rotatable bonds is 8. The smallest absolute Gasteiger partial charge is 0.274 e. The number of hydroxylamine groups is 1. The lowest BCUT2D eigenvalue weighted by Gasteiger charge is -2.35. The fourth-order valence-corrected chi connectivity index (χ4v) is 5.74. The number of carbonyl (C=O) groups excluding carboxylic acids is 1. The van der Waals surface area contributed by atoms with Gasteiger partial charge in [0.15, 0.2) is 0 Å². The molecule has 3 heterocycles. The number of pyridine rings is 1. The van der Waals surface area contributed by atoms with Crippen LogP contribution in [0.1, 0.15) is 48.2 Å². The van der Waals surface area contributed by atoms with Crippen LogP contribution in [0.5, 0.6) is 0 Å². The van der Waals surface area contributed by atoms with Gasteiger partial charge in [-0.05, 0) is 87.2 Å². The minimum atomic E-state index is -1.17. The van der Waals surface area contributed by atoms with Crippen molar-refractivity contribution in [3.8, 4) is 11.3 Å². The monoisotopic (exact) mass is 514 g/mol. The highest BCUT2D eigenvalue weighted by Crippen LogP contribution is 2.37. The van der Waals surface area contributed by atoms with Gasteiger partial charge in [0.1, 0.15) is 5.67 Å². The second-order valence-corrected chi connectivity index (χ2v) is 10.9. The molecule has 2 aromatic heterocycles. The van der Waals surface area contributed by atoms with E-state index >= 15 is 0 Å². The zero-order valence-corrected chi connectivity index (χ0v) is 22.0. The Hall–Kier alpha value is -3.55. The fraction of sp³-hybridized carbons (Fsp3) is 0.355. The minimum absolute atomic E-state index is 0.413. The zero-order chi connectivity index (χ0) is 26.7. The number of piperidine rings is 1. The van der Waals surface area contributed by atoms with Crippen LogP contribution in [0.15, 0.2) is 73.1 Å². The number of benzene rings is 2. The average Bonchev–Trinajstić information content (AvgIpc) is 3.22. The number of amides is 1. The molecule has 6 nitrogen and oxygen atoms in total. The number of alkyl halides is 1. The van der Waals surface area contributed by atoms with Crippen LogP contribution in [0, 0.1) is 5.92 Å². The van der Waals surface area contributed by atoms with Crippen molar-refractivity contribution in [3.63, 3.8) is 0 Å². The van der Waals surface area contributed by atoms with Crippen LogP contribution in [-0.2, 0) is 13.0 Å². The molecule has 2 N–H and O–H groups in total. The van der Waals surface area contributed by atoms with Gasteiger partial charge >= 0.3 is 0 Å². The molecule has 38 heavy (non-hydrogen) atoms. The summed E-state index contributed by atoms with van der Waals surface area (Å²) < 4.78 is 16.7. The highest BCUT2D eigenvalue weighted by Gasteiger charge is 2.27. The lowest BCUT2D eigenvalue weighted by Crippen LogP contribution is -2.41. The van der Waals surface area contributed by atoms with Crippen molar-refractivity contribution >= 4 is 16.8 Å². The number of carbonyl (C=O) groups is 1. The Bertz CT molecular complexity index is 1390. The van der Waals surface area contributed by atoms with Crippen LogP contribution in [0.2, 0.25) is 0 Å². The van der Waals surface area contributed by atoms with Crippen LogP contribution in [0.4, 0.5) is 4.39 Å². The summed E-state index contributed by atoms with van der Waals surface area (Å²) in [4.78, 5) is 18.3. The Balaban J connectivity index is 1.50. The summed E-state index contributed by atoms with van der Waals surface area (Å²) in [6, 6.07) is 20.0. The van der Waals surface area contributed by atoms with Gasteiger partial charge in [-0.1, -0.05) is 30.3 Å². The summed E-state index contributed by atoms with van der Waals surface area (Å²) in [6.45, 7) is 6.54. The van der Waals surface area contributed by atoms with Crippen LogP contribution < -0.4 is 5.48 Å².